The van der Waals surface area contributed by atoms with E-state index in [0.29, 0.717) is 12.5 Å². The summed E-state index contributed by atoms with van der Waals surface area (Å²) in [6, 6.07) is 0.318. The molecule has 0 aromatic rings. The lowest BCUT2D eigenvalue weighted by atomic mass is 10.2. The van der Waals surface area contributed by atoms with Crippen LogP contribution in [0.25, 0.3) is 0 Å². The normalized spacial score (nSPS) is 13.2. The van der Waals surface area contributed by atoms with Crippen molar-refractivity contribution in [3.05, 3.63) is 0 Å². The second-order valence-corrected chi connectivity index (χ2v) is 3.26. The Kier molecular flexibility index (Phi) is 6.54. The summed E-state index contributed by atoms with van der Waals surface area (Å²) in [4.78, 5) is 2.15. The molecule has 0 radical (unpaired) electrons. The lowest BCUT2D eigenvalue weighted by Crippen LogP contribution is -2.35. The molecular weight excluding hydrogens is 166 g/mol. The number of nitrogens with two attached hydrogens (primary N) is 1. The first-order chi connectivity index (χ1) is 6.07. The van der Waals surface area contributed by atoms with Gasteiger partial charge >= 0.3 is 0 Å². The van der Waals surface area contributed by atoms with E-state index < -0.39 is 0 Å². The number of ether oxygens (including phenoxy) is 1. The lowest BCUT2D eigenvalue weighted by Gasteiger charge is -2.23. The second-order valence-electron chi connectivity index (χ2n) is 3.26. The van der Waals surface area contributed by atoms with Crippen LogP contribution in [0.4, 0.5) is 0 Å². The third-order valence-electron chi connectivity index (χ3n) is 2.06. The van der Waals surface area contributed by atoms with Crippen LogP contribution in [0.15, 0.2) is 0 Å². The minimum absolute atomic E-state index is 0.246. The Morgan fingerprint density at radius 2 is 2.23 bits per heavy atom. The van der Waals surface area contributed by atoms with Gasteiger partial charge in [0.25, 0.3) is 0 Å². The van der Waals surface area contributed by atoms with Crippen molar-refractivity contribution in [1.82, 2.24) is 4.90 Å². The lowest BCUT2D eigenvalue weighted by molar-refractivity contribution is 0.111. The van der Waals surface area contributed by atoms with E-state index in [-0.39, 0.29) is 5.84 Å². The van der Waals surface area contributed by atoms with E-state index >= 15 is 0 Å². The van der Waals surface area contributed by atoms with Gasteiger partial charge in [0.1, 0.15) is 0 Å². The number of hydrogen-bond donors (Lipinski definition) is 2. The molecular formula is C9H21N3O. The summed E-state index contributed by atoms with van der Waals surface area (Å²) in [6.07, 6.45) is 0.628. The smallest absolute Gasteiger partial charge is 0.0920 e. The van der Waals surface area contributed by atoms with Crippen LogP contribution >= 0.6 is 0 Å². The Balaban J connectivity index is 3.56. The molecule has 13 heavy (non-hydrogen) atoms. The van der Waals surface area contributed by atoms with Gasteiger partial charge in [-0.15, -0.1) is 0 Å². The summed E-state index contributed by atoms with van der Waals surface area (Å²) in [7, 11) is 2.02. The van der Waals surface area contributed by atoms with E-state index in [1.54, 1.807) is 0 Å². The van der Waals surface area contributed by atoms with Crippen molar-refractivity contribution in [2.24, 2.45) is 5.73 Å². The van der Waals surface area contributed by atoms with E-state index in [9.17, 15) is 0 Å². The number of nitrogens with zero attached hydrogens (tertiary/aromatic N) is 1. The van der Waals surface area contributed by atoms with Gasteiger partial charge in [-0.3, -0.25) is 5.41 Å². The van der Waals surface area contributed by atoms with Crippen molar-refractivity contribution >= 4 is 5.84 Å². The zero-order valence-electron chi connectivity index (χ0n) is 8.84. The first-order valence-electron chi connectivity index (χ1n) is 4.68. The highest BCUT2D eigenvalue weighted by molar-refractivity contribution is 5.77. The van der Waals surface area contributed by atoms with Gasteiger partial charge in [0, 0.05) is 25.6 Å². The molecule has 0 aliphatic carbocycles. The molecule has 0 aromatic heterocycles. The zero-order chi connectivity index (χ0) is 10.3. The maximum Gasteiger partial charge on any atom is 0.0920 e. The maximum atomic E-state index is 7.15. The van der Waals surface area contributed by atoms with Crippen molar-refractivity contribution < 1.29 is 4.74 Å². The molecule has 0 fully saturated rings. The molecule has 0 amide bonds. The highest BCUT2D eigenvalue weighted by Crippen LogP contribution is 1.99. The molecule has 0 heterocycles. The van der Waals surface area contributed by atoms with Gasteiger partial charge in [0.15, 0.2) is 0 Å². The monoisotopic (exact) mass is 187 g/mol. The summed E-state index contributed by atoms with van der Waals surface area (Å²) in [5.74, 6) is 0.246. The van der Waals surface area contributed by atoms with E-state index in [4.69, 9.17) is 15.9 Å². The van der Waals surface area contributed by atoms with Crippen molar-refractivity contribution in [3.63, 3.8) is 0 Å². The largest absolute Gasteiger partial charge is 0.388 e. The minimum atomic E-state index is 0.246. The number of hydrogen-bond acceptors (Lipinski definition) is 3. The van der Waals surface area contributed by atoms with Gasteiger partial charge in [-0.1, -0.05) is 0 Å². The number of rotatable bonds is 7. The molecule has 0 bridgehead atoms. The molecule has 0 aromatic carbocycles. The van der Waals surface area contributed by atoms with Gasteiger partial charge in [-0.05, 0) is 20.9 Å². The molecule has 4 nitrogen and oxygen atoms in total. The van der Waals surface area contributed by atoms with Gasteiger partial charge in [-0.25, -0.2) is 0 Å². The Bertz CT molecular complexity index is 150. The molecule has 1 unspecified atom stereocenters. The Labute approximate surface area is 80.6 Å². The molecule has 3 N–H and O–H groups in total. The number of likely N-dealkylation sites (N-methyl/N-ethyl adjacent to an activating group) is 1. The summed E-state index contributed by atoms with van der Waals surface area (Å²) in [6.45, 7) is 6.44. The molecule has 1 atom stereocenters. The fourth-order valence-electron chi connectivity index (χ4n) is 1.05. The third kappa shape index (κ3) is 6.54. The fraction of sp³-hybridized carbons (Fsp3) is 0.889. The highest BCUT2D eigenvalue weighted by atomic mass is 16.5. The molecule has 0 saturated heterocycles. The first kappa shape index (κ1) is 12.4. The van der Waals surface area contributed by atoms with Crippen LogP contribution in [0, 0.1) is 5.41 Å². The van der Waals surface area contributed by atoms with E-state index in [1.807, 2.05) is 14.0 Å². The van der Waals surface area contributed by atoms with Gasteiger partial charge in [0.05, 0.1) is 12.4 Å². The number of amidine groups is 1. The Hall–Kier alpha value is -0.610. The molecule has 0 spiro atoms. The van der Waals surface area contributed by atoms with Crippen molar-refractivity contribution in [2.75, 3.05) is 26.8 Å². The summed E-state index contributed by atoms with van der Waals surface area (Å²) in [5, 5.41) is 7.15. The first-order valence-corrected chi connectivity index (χ1v) is 4.68. The topological polar surface area (TPSA) is 62.3 Å². The third-order valence-corrected chi connectivity index (χ3v) is 2.06. The molecule has 0 aliphatic rings. The van der Waals surface area contributed by atoms with Crippen molar-refractivity contribution in [1.29, 1.82) is 5.41 Å². The van der Waals surface area contributed by atoms with Crippen LogP contribution in [-0.4, -0.2) is 43.6 Å². The van der Waals surface area contributed by atoms with E-state index in [2.05, 4.69) is 11.8 Å². The predicted molar refractivity (Wildman–Crippen MR) is 55.1 cm³/mol. The molecule has 0 saturated carbocycles. The number of nitrogens with one attached hydrogen (secondary N) is 1. The molecule has 0 aliphatic heterocycles. The standard InChI is InChI=1S/C9H21N3O/c1-4-13-6-5-12(3)8(2)7-9(10)11/h8H,4-7H2,1-3H3,(H3,10,11). The van der Waals surface area contributed by atoms with Crippen LogP contribution < -0.4 is 5.73 Å². The average Bonchev–Trinajstić information content (AvgIpc) is 2.03. The predicted octanol–water partition coefficient (Wildman–Crippen LogP) is 0.669. The van der Waals surface area contributed by atoms with Crippen molar-refractivity contribution in [3.8, 4) is 0 Å². The van der Waals surface area contributed by atoms with Crippen molar-refractivity contribution in [2.45, 2.75) is 26.3 Å². The van der Waals surface area contributed by atoms with Crippen LogP contribution in [0.5, 0.6) is 0 Å². The van der Waals surface area contributed by atoms with Gasteiger partial charge < -0.3 is 15.4 Å². The molecule has 4 heteroatoms. The fourth-order valence-corrected chi connectivity index (χ4v) is 1.05. The van der Waals surface area contributed by atoms with E-state index in [0.717, 1.165) is 19.8 Å². The van der Waals surface area contributed by atoms with Crippen LogP contribution in [0.3, 0.4) is 0 Å². The highest BCUT2D eigenvalue weighted by Gasteiger charge is 2.09. The SMILES string of the molecule is CCOCCN(C)C(C)CC(=N)N. The molecule has 0 rings (SSSR count). The quantitative estimate of drug-likeness (QED) is 0.350. The second kappa shape index (κ2) is 6.86. The Morgan fingerprint density at radius 3 is 2.69 bits per heavy atom. The van der Waals surface area contributed by atoms with Gasteiger partial charge in [-0.2, -0.15) is 0 Å². The van der Waals surface area contributed by atoms with E-state index in [1.165, 1.54) is 0 Å². The van der Waals surface area contributed by atoms with Crippen LogP contribution in [0.2, 0.25) is 0 Å². The summed E-state index contributed by atoms with van der Waals surface area (Å²) in [5.41, 5.74) is 5.31. The summed E-state index contributed by atoms with van der Waals surface area (Å²) >= 11 is 0. The average molecular weight is 187 g/mol. The van der Waals surface area contributed by atoms with Crippen LogP contribution in [-0.2, 0) is 4.74 Å². The maximum absolute atomic E-state index is 7.15. The summed E-state index contributed by atoms with van der Waals surface area (Å²) < 4.78 is 5.23. The zero-order valence-corrected chi connectivity index (χ0v) is 8.84. The minimum Gasteiger partial charge on any atom is -0.388 e. The molecule has 78 valence electrons. The van der Waals surface area contributed by atoms with Gasteiger partial charge in [0.2, 0.25) is 0 Å². The Morgan fingerprint density at radius 1 is 1.62 bits per heavy atom. The van der Waals surface area contributed by atoms with Crippen LogP contribution in [0.1, 0.15) is 20.3 Å².